The molecule has 0 unspecified atom stereocenters. The molecule has 0 aliphatic carbocycles. The first-order chi connectivity index (χ1) is 21.1. The van der Waals surface area contributed by atoms with Crippen molar-refractivity contribution in [1.82, 2.24) is 19.8 Å². The van der Waals surface area contributed by atoms with Gasteiger partial charge in [-0.1, -0.05) is 30.8 Å². The number of morpholine rings is 1. The van der Waals surface area contributed by atoms with Crippen LogP contribution in [0.1, 0.15) is 23.2 Å². The number of fused-ring (bicyclic) bond motifs is 2. The van der Waals surface area contributed by atoms with Crippen molar-refractivity contribution in [3.63, 3.8) is 0 Å². The molecule has 0 saturated carbocycles. The van der Waals surface area contributed by atoms with Crippen molar-refractivity contribution in [1.29, 1.82) is 0 Å². The summed E-state index contributed by atoms with van der Waals surface area (Å²) >= 11 is 0. The average Bonchev–Trinajstić information content (AvgIpc) is 3.06. The van der Waals surface area contributed by atoms with Gasteiger partial charge in [-0.15, -0.1) is 0 Å². The predicted octanol–water partition coefficient (Wildman–Crippen LogP) is 3.45. The lowest BCUT2D eigenvalue weighted by Gasteiger charge is -2.38. The van der Waals surface area contributed by atoms with Crippen molar-refractivity contribution < 1.29 is 19.0 Å². The molecule has 10 nitrogen and oxygen atoms in total. The van der Waals surface area contributed by atoms with Gasteiger partial charge in [0.15, 0.2) is 0 Å². The molecule has 3 aliphatic heterocycles. The highest BCUT2D eigenvalue weighted by atomic mass is 16.5. The standard InChI is InChI=1S/C33H42N6O4/c1-4-30(40)37-13-15-38(16-14-37)32-27-10-12-39(31-24(2)29(41-3)22-25-8-5-6-9-26(25)31)23-28(27)34-33(35-32)43-19-7-11-36-17-20-42-21-18-36/h4-6,8-9,22H,1,7,10-21,23H2,2-3H3. The van der Waals surface area contributed by atoms with Crippen LogP contribution in [0.5, 0.6) is 11.8 Å². The van der Waals surface area contributed by atoms with E-state index >= 15 is 0 Å². The minimum absolute atomic E-state index is 0.0230. The first-order valence-electron chi connectivity index (χ1n) is 15.4. The number of amides is 1. The number of carbonyl (C=O) groups is 1. The Bertz CT molecular complexity index is 1470. The van der Waals surface area contributed by atoms with Crippen LogP contribution < -0.4 is 19.3 Å². The Morgan fingerprint density at radius 1 is 1.05 bits per heavy atom. The molecular weight excluding hydrogens is 544 g/mol. The predicted molar refractivity (Wildman–Crippen MR) is 168 cm³/mol. The van der Waals surface area contributed by atoms with E-state index in [1.54, 1.807) is 7.11 Å². The van der Waals surface area contributed by atoms with E-state index < -0.39 is 0 Å². The highest BCUT2D eigenvalue weighted by molar-refractivity contribution is 5.98. The Morgan fingerprint density at radius 3 is 2.60 bits per heavy atom. The number of anilines is 2. The molecule has 0 radical (unpaired) electrons. The first-order valence-corrected chi connectivity index (χ1v) is 15.4. The lowest BCUT2D eigenvalue weighted by molar-refractivity contribution is -0.126. The number of hydrogen-bond acceptors (Lipinski definition) is 9. The van der Waals surface area contributed by atoms with Crippen LogP contribution in [0.15, 0.2) is 43.0 Å². The van der Waals surface area contributed by atoms with E-state index in [0.717, 1.165) is 80.4 Å². The number of methoxy groups -OCH3 is 1. The lowest BCUT2D eigenvalue weighted by Crippen LogP contribution is -2.49. The summed E-state index contributed by atoms with van der Waals surface area (Å²) in [4.78, 5) is 31.1. The van der Waals surface area contributed by atoms with E-state index in [9.17, 15) is 4.79 Å². The van der Waals surface area contributed by atoms with Gasteiger partial charge in [-0.05, 0) is 37.3 Å². The molecule has 43 heavy (non-hydrogen) atoms. The molecular formula is C33H42N6O4. The van der Waals surface area contributed by atoms with Crippen LogP contribution in [-0.4, -0.2) is 105 Å². The number of piperazine rings is 1. The number of aromatic nitrogens is 2. The molecule has 2 saturated heterocycles. The van der Waals surface area contributed by atoms with Gasteiger partial charge in [0, 0.05) is 68.9 Å². The van der Waals surface area contributed by atoms with E-state index in [2.05, 4.69) is 58.5 Å². The van der Waals surface area contributed by atoms with Crippen LogP contribution in [0.25, 0.3) is 10.8 Å². The lowest BCUT2D eigenvalue weighted by atomic mass is 9.98. The van der Waals surface area contributed by atoms with Crippen LogP contribution in [0, 0.1) is 6.92 Å². The van der Waals surface area contributed by atoms with E-state index in [0.29, 0.717) is 45.3 Å². The number of ether oxygens (including phenoxy) is 3. The van der Waals surface area contributed by atoms with Gasteiger partial charge in [-0.25, -0.2) is 0 Å². The van der Waals surface area contributed by atoms with Gasteiger partial charge in [0.25, 0.3) is 0 Å². The summed E-state index contributed by atoms with van der Waals surface area (Å²) in [5.41, 5.74) is 4.48. The van der Waals surface area contributed by atoms with Crippen molar-refractivity contribution in [2.24, 2.45) is 0 Å². The molecule has 0 N–H and O–H groups in total. The van der Waals surface area contributed by atoms with Gasteiger partial charge < -0.3 is 28.9 Å². The van der Waals surface area contributed by atoms with E-state index in [-0.39, 0.29) is 5.91 Å². The largest absolute Gasteiger partial charge is 0.496 e. The quantitative estimate of drug-likeness (QED) is 0.277. The van der Waals surface area contributed by atoms with Crippen molar-refractivity contribution in [2.75, 3.05) is 89.1 Å². The van der Waals surface area contributed by atoms with Crippen LogP contribution in [0.4, 0.5) is 11.5 Å². The number of hydrogen-bond donors (Lipinski definition) is 0. The van der Waals surface area contributed by atoms with Crippen LogP contribution >= 0.6 is 0 Å². The first kappa shape index (κ1) is 29.2. The average molecular weight is 587 g/mol. The molecule has 2 fully saturated rings. The molecule has 1 aromatic heterocycles. The molecule has 3 aliphatic rings. The fourth-order valence-electron chi connectivity index (χ4n) is 6.48. The molecule has 4 heterocycles. The number of nitrogens with zero attached hydrogens (tertiary/aromatic N) is 6. The van der Waals surface area contributed by atoms with Crippen LogP contribution in [0.2, 0.25) is 0 Å². The Kier molecular flexibility index (Phi) is 8.95. The zero-order chi connectivity index (χ0) is 29.8. The Balaban J connectivity index is 1.27. The van der Waals surface area contributed by atoms with E-state index in [1.165, 1.54) is 22.7 Å². The molecule has 1 amide bonds. The van der Waals surface area contributed by atoms with Crippen molar-refractivity contribution in [2.45, 2.75) is 26.3 Å². The molecule has 0 bridgehead atoms. The van der Waals surface area contributed by atoms with Gasteiger partial charge in [-0.2, -0.15) is 9.97 Å². The minimum atomic E-state index is -0.0230. The topological polar surface area (TPSA) is 83.5 Å². The minimum Gasteiger partial charge on any atom is -0.496 e. The summed E-state index contributed by atoms with van der Waals surface area (Å²) in [7, 11) is 1.73. The van der Waals surface area contributed by atoms with Gasteiger partial charge in [0.05, 0.1) is 44.9 Å². The summed E-state index contributed by atoms with van der Waals surface area (Å²) < 4.78 is 17.5. The molecule has 6 rings (SSSR count). The molecule has 3 aromatic rings. The Morgan fingerprint density at radius 2 is 1.84 bits per heavy atom. The second kappa shape index (κ2) is 13.2. The molecule has 228 valence electrons. The SMILES string of the molecule is C=CC(=O)N1CCN(c2nc(OCCCN3CCOCC3)nc3c2CCN(c2c(C)c(OC)cc4ccccc24)C3)CC1. The molecule has 10 heteroatoms. The van der Waals surface area contributed by atoms with Gasteiger partial charge in [0.1, 0.15) is 11.6 Å². The highest BCUT2D eigenvalue weighted by Gasteiger charge is 2.30. The second-order valence-electron chi connectivity index (χ2n) is 11.4. The van der Waals surface area contributed by atoms with Gasteiger partial charge in [-0.3, -0.25) is 9.69 Å². The zero-order valence-electron chi connectivity index (χ0n) is 25.4. The highest BCUT2D eigenvalue weighted by Crippen LogP contribution is 2.40. The maximum atomic E-state index is 12.2. The monoisotopic (exact) mass is 586 g/mol. The normalized spacial score (nSPS) is 17.6. The van der Waals surface area contributed by atoms with Crippen molar-refractivity contribution in [3.8, 4) is 11.8 Å². The molecule has 2 aromatic carbocycles. The van der Waals surface area contributed by atoms with Gasteiger partial charge in [0.2, 0.25) is 5.91 Å². The maximum Gasteiger partial charge on any atom is 0.318 e. The third-order valence-electron chi connectivity index (χ3n) is 8.81. The molecule has 0 atom stereocenters. The summed E-state index contributed by atoms with van der Waals surface area (Å²) in [5.74, 6) is 1.80. The Hall–Kier alpha value is -3.89. The third kappa shape index (κ3) is 6.26. The second-order valence-corrected chi connectivity index (χ2v) is 11.4. The summed E-state index contributed by atoms with van der Waals surface area (Å²) in [6, 6.07) is 11.0. The Labute approximate surface area is 253 Å². The van der Waals surface area contributed by atoms with Crippen molar-refractivity contribution in [3.05, 3.63) is 59.8 Å². The summed E-state index contributed by atoms with van der Waals surface area (Å²) in [5, 5.41) is 2.37. The van der Waals surface area contributed by atoms with E-state index in [4.69, 9.17) is 24.2 Å². The number of rotatable bonds is 9. The molecule has 0 spiro atoms. The van der Waals surface area contributed by atoms with E-state index in [1.807, 2.05) is 4.90 Å². The smallest absolute Gasteiger partial charge is 0.318 e. The number of carbonyl (C=O) groups excluding carboxylic acids is 1. The zero-order valence-corrected chi connectivity index (χ0v) is 25.4. The summed E-state index contributed by atoms with van der Waals surface area (Å²) in [6.45, 7) is 15.0. The van der Waals surface area contributed by atoms with Gasteiger partial charge >= 0.3 is 6.01 Å². The van der Waals surface area contributed by atoms with Crippen molar-refractivity contribution >= 4 is 28.2 Å². The fourth-order valence-corrected chi connectivity index (χ4v) is 6.48. The van der Waals surface area contributed by atoms with Crippen LogP contribution in [-0.2, 0) is 22.5 Å². The third-order valence-corrected chi connectivity index (χ3v) is 8.81. The maximum absolute atomic E-state index is 12.2. The number of benzene rings is 2. The summed E-state index contributed by atoms with van der Waals surface area (Å²) in [6.07, 6.45) is 3.11. The fraction of sp³-hybridized carbons (Fsp3) is 0.485. The van der Waals surface area contributed by atoms with Crippen LogP contribution in [0.3, 0.4) is 0 Å².